The molecule has 1 rings (SSSR count). The first kappa shape index (κ1) is 11.4. The summed E-state index contributed by atoms with van der Waals surface area (Å²) >= 11 is 5.79. The van der Waals surface area contributed by atoms with E-state index in [4.69, 9.17) is 16.4 Å². The Kier molecular flexibility index (Phi) is 2.94. The van der Waals surface area contributed by atoms with E-state index in [0.717, 1.165) is 10.9 Å². The van der Waals surface area contributed by atoms with E-state index in [-0.39, 0.29) is 5.82 Å². The predicted molar refractivity (Wildman–Crippen MR) is 50.7 cm³/mol. The molecule has 1 unspecified atom stereocenters. The van der Waals surface area contributed by atoms with Crippen molar-refractivity contribution >= 4 is 23.7 Å². The number of hydrogen-bond donors (Lipinski definition) is 0. The Morgan fingerprint density at radius 3 is 2.80 bits per heavy atom. The Morgan fingerprint density at radius 2 is 2.40 bits per heavy atom. The molecule has 0 N–H and O–H groups in total. The number of carbonyl (C=O) groups excluding carboxylic acids is 1. The van der Waals surface area contributed by atoms with E-state index in [1.807, 2.05) is 0 Å². The van der Waals surface area contributed by atoms with Gasteiger partial charge in [-0.05, 0) is 16.8 Å². The van der Waals surface area contributed by atoms with E-state index in [9.17, 15) is 14.9 Å². The van der Waals surface area contributed by atoms with Crippen LogP contribution in [0.25, 0.3) is 0 Å². The van der Waals surface area contributed by atoms with Crippen molar-refractivity contribution in [2.45, 2.75) is 11.8 Å². The minimum Gasteiger partial charge on any atom is -0.414 e. The molecule has 0 aliphatic heterocycles. The van der Waals surface area contributed by atoms with Gasteiger partial charge in [0.1, 0.15) is 13.3 Å². The quantitative estimate of drug-likeness (QED) is 0.327. The Hall–Kier alpha value is -1.63. The second-order valence-electron chi connectivity index (χ2n) is 2.88. The largest absolute Gasteiger partial charge is 0.414 e. The zero-order valence-electron chi connectivity index (χ0n) is 8.01. The zero-order valence-corrected chi connectivity index (χ0v) is 8.76. The normalized spacial score (nSPS) is 14.3. The maximum Gasteiger partial charge on any atom is 0.385 e. The molecule has 0 bridgehead atoms. The molecule has 1 aromatic rings. The number of nitrogens with zero attached hydrogens (tertiary/aromatic N) is 3. The van der Waals surface area contributed by atoms with Crippen LogP contribution in [-0.2, 0) is 9.67 Å². The molecular formula is C7H8ClN3O4. The first-order chi connectivity index (χ1) is 6.92. The van der Waals surface area contributed by atoms with Crippen LogP contribution in [0.2, 0.25) is 0 Å². The lowest BCUT2D eigenvalue weighted by atomic mass is 10.2. The molecule has 0 aliphatic carbocycles. The van der Waals surface area contributed by atoms with Gasteiger partial charge in [0.05, 0.1) is 0 Å². The molecule has 1 heterocycles. The second kappa shape index (κ2) is 3.85. The molecule has 0 aromatic carbocycles. The second-order valence-corrected chi connectivity index (χ2v) is 3.67. The molecule has 1 aromatic heterocycles. The van der Waals surface area contributed by atoms with E-state index < -0.39 is 15.6 Å². The van der Waals surface area contributed by atoms with Gasteiger partial charge in [-0.2, -0.15) is 0 Å². The third-order valence-corrected chi connectivity index (χ3v) is 1.96. The van der Waals surface area contributed by atoms with Gasteiger partial charge >= 0.3 is 5.82 Å². The van der Waals surface area contributed by atoms with Crippen LogP contribution in [0.3, 0.4) is 0 Å². The number of imidazole rings is 1. The summed E-state index contributed by atoms with van der Waals surface area (Å²) in [5, 5.41) is 10.4. The van der Waals surface area contributed by atoms with Crippen molar-refractivity contribution in [2.24, 2.45) is 0 Å². The van der Waals surface area contributed by atoms with Crippen LogP contribution < -0.4 is 4.84 Å². The number of carbonyl (C=O) groups is 1. The summed E-state index contributed by atoms with van der Waals surface area (Å²) in [6.45, 7) is 1.36. The van der Waals surface area contributed by atoms with Crippen LogP contribution in [-0.4, -0.2) is 28.0 Å². The fourth-order valence-electron chi connectivity index (χ4n) is 0.957. The van der Waals surface area contributed by atoms with Crippen molar-refractivity contribution in [3.05, 3.63) is 22.1 Å². The van der Waals surface area contributed by atoms with E-state index in [2.05, 4.69) is 4.98 Å². The van der Waals surface area contributed by atoms with Gasteiger partial charge in [0.2, 0.25) is 0 Å². The molecule has 0 amide bonds. The van der Waals surface area contributed by atoms with Crippen molar-refractivity contribution in [1.29, 1.82) is 0 Å². The molecular weight excluding hydrogens is 226 g/mol. The van der Waals surface area contributed by atoms with Crippen LogP contribution in [0.4, 0.5) is 5.82 Å². The average Bonchev–Trinajstić information content (AvgIpc) is 2.62. The SMILES string of the molecule is COn1cc([N+](=O)[O-])nc1C(C)(Cl)C=O. The monoisotopic (exact) mass is 233 g/mol. The zero-order chi connectivity index (χ0) is 11.6. The lowest BCUT2D eigenvalue weighted by Crippen LogP contribution is -2.23. The molecule has 15 heavy (non-hydrogen) atoms. The Morgan fingerprint density at radius 1 is 1.80 bits per heavy atom. The van der Waals surface area contributed by atoms with Crippen molar-refractivity contribution in [3.8, 4) is 0 Å². The summed E-state index contributed by atoms with van der Waals surface area (Å²) in [5.41, 5.74) is 0. The number of rotatable bonds is 4. The maximum atomic E-state index is 10.7. The van der Waals surface area contributed by atoms with Gasteiger partial charge < -0.3 is 19.7 Å². The Labute approximate surface area is 89.7 Å². The highest BCUT2D eigenvalue weighted by molar-refractivity contribution is 6.30. The van der Waals surface area contributed by atoms with Crippen molar-refractivity contribution in [1.82, 2.24) is 9.71 Å². The average molecular weight is 234 g/mol. The third-order valence-electron chi connectivity index (χ3n) is 1.70. The highest BCUT2D eigenvalue weighted by Crippen LogP contribution is 2.26. The van der Waals surface area contributed by atoms with Crippen molar-refractivity contribution in [2.75, 3.05) is 7.11 Å². The van der Waals surface area contributed by atoms with Crippen LogP contribution in [0, 0.1) is 10.1 Å². The summed E-state index contributed by atoms with van der Waals surface area (Å²) in [6, 6.07) is 0. The third kappa shape index (κ3) is 2.07. The van der Waals surface area contributed by atoms with Gasteiger partial charge in [-0.15, -0.1) is 4.73 Å². The van der Waals surface area contributed by atoms with Crippen molar-refractivity contribution < 1.29 is 14.6 Å². The topological polar surface area (TPSA) is 87.3 Å². The molecule has 0 saturated carbocycles. The van der Waals surface area contributed by atoms with Crippen LogP contribution >= 0.6 is 11.6 Å². The number of alkyl halides is 1. The smallest absolute Gasteiger partial charge is 0.385 e. The summed E-state index contributed by atoms with van der Waals surface area (Å²) in [5.74, 6) is -0.464. The van der Waals surface area contributed by atoms with Crippen LogP contribution in [0.1, 0.15) is 12.7 Å². The van der Waals surface area contributed by atoms with Crippen LogP contribution in [0.15, 0.2) is 6.20 Å². The molecule has 0 aliphatic rings. The standard InChI is InChI=1S/C7H8ClN3O4/c1-7(8,4-12)6-9-5(11(13)14)3-10(6)15-2/h3-4H,1-2H3. The van der Waals surface area contributed by atoms with Gasteiger partial charge in [0, 0.05) is 0 Å². The molecule has 0 fully saturated rings. The molecule has 82 valence electrons. The van der Waals surface area contributed by atoms with E-state index in [1.165, 1.54) is 14.0 Å². The number of hydrogen-bond acceptors (Lipinski definition) is 5. The van der Waals surface area contributed by atoms with E-state index in [0.29, 0.717) is 6.29 Å². The van der Waals surface area contributed by atoms with Gasteiger partial charge in [0.25, 0.3) is 5.82 Å². The molecule has 8 heteroatoms. The maximum absolute atomic E-state index is 10.7. The van der Waals surface area contributed by atoms with Gasteiger partial charge in [-0.1, -0.05) is 11.6 Å². The van der Waals surface area contributed by atoms with Gasteiger partial charge in [-0.3, -0.25) is 0 Å². The fraction of sp³-hybridized carbons (Fsp3) is 0.429. The molecule has 1 atom stereocenters. The first-order valence-corrected chi connectivity index (χ1v) is 4.24. The highest BCUT2D eigenvalue weighted by Gasteiger charge is 2.36. The lowest BCUT2D eigenvalue weighted by Gasteiger charge is -2.10. The molecule has 7 nitrogen and oxygen atoms in total. The summed E-state index contributed by atoms with van der Waals surface area (Å²) < 4.78 is 0.986. The molecule has 0 spiro atoms. The van der Waals surface area contributed by atoms with Crippen LogP contribution in [0.5, 0.6) is 0 Å². The number of aromatic nitrogens is 2. The minimum atomic E-state index is -1.45. The van der Waals surface area contributed by atoms with Gasteiger partial charge in [-0.25, -0.2) is 0 Å². The predicted octanol–water partition coefficient (Wildman–Crippen LogP) is 0.503. The Balaban J connectivity index is 3.28. The van der Waals surface area contributed by atoms with Crippen molar-refractivity contribution in [3.63, 3.8) is 0 Å². The molecule has 0 radical (unpaired) electrons. The fourth-order valence-corrected chi connectivity index (χ4v) is 1.08. The van der Waals surface area contributed by atoms with E-state index in [1.54, 1.807) is 0 Å². The lowest BCUT2D eigenvalue weighted by molar-refractivity contribution is -0.389. The first-order valence-electron chi connectivity index (χ1n) is 3.86. The summed E-state index contributed by atoms with van der Waals surface area (Å²) in [7, 11) is 1.28. The van der Waals surface area contributed by atoms with E-state index >= 15 is 0 Å². The number of aldehydes is 1. The molecule has 0 saturated heterocycles. The highest BCUT2D eigenvalue weighted by atomic mass is 35.5. The Bertz CT molecular complexity index is 401. The number of nitro groups is 1. The summed E-state index contributed by atoms with van der Waals surface area (Å²) in [4.78, 5) is 27.3. The van der Waals surface area contributed by atoms with Gasteiger partial charge in [0.15, 0.2) is 11.2 Å². The minimum absolute atomic E-state index is 0.0339. The summed E-state index contributed by atoms with van der Waals surface area (Å²) in [6.07, 6.45) is 1.47. The number of halogens is 1.